The van der Waals surface area contributed by atoms with E-state index < -0.39 is 0 Å². The van der Waals surface area contributed by atoms with Gasteiger partial charge in [0.1, 0.15) is 0 Å². The third-order valence-electron chi connectivity index (χ3n) is 1.88. The van der Waals surface area contributed by atoms with Crippen molar-refractivity contribution in [3.8, 4) is 0 Å². The van der Waals surface area contributed by atoms with Gasteiger partial charge in [-0.1, -0.05) is 22.0 Å². The Labute approximate surface area is 70.6 Å². The first kappa shape index (κ1) is 8.28. The quantitative estimate of drug-likeness (QED) is 0.380. The molecule has 0 aliphatic heterocycles. The van der Waals surface area contributed by atoms with Gasteiger partial charge in [-0.3, -0.25) is 0 Å². The molecule has 0 radical (unpaired) electrons. The van der Waals surface area contributed by atoms with Gasteiger partial charge in [0.15, 0.2) is 0 Å². The third kappa shape index (κ3) is 2.10. The number of alkyl halides is 1. The smallest absolute Gasteiger partial charge is 0.0645 e. The van der Waals surface area contributed by atoms with Gasteiger partial charge in [0.25, 0.3) is 0 Å². The van der Waals surface area contributed by atoms with Gasteiger partial charge in [0.2, 0.25) is 0 Å². The van der Waals surface area contributed by atoms with Crippen LogP contribution in [0.3, 0.4) is 0 Å². The molecular formula is C8H13BrO. The van der Waals surface area contributed by atoms with Crippen LogP contribution >= 0.6 is 15.9 Å². The number of ether oxygens (including phenoxy) is 1. The van der Waals surface area contributed by atoms with E-state index in [1.165, 1.54) is 12.8 Å². The van der Waals surface area contributed by atoms with Crippen molar-refractivity contribution in [2.45, 2.75) is 12.8 Å². The molecule has 0 aromatic carbocycles. The van der Waals surface area contributed by atoms with Gasteiger partial charge in [0.05, 0.1) is 13.2 Å². The first-order valence-electron chi connectivity index (χ1n) is 3.58. The van der Waals surface area contributed by atoms with Crippen LogP contribution in [0, 0.1) is 5.41 Å². The zero-order valence-corrected chi connectivity index (χ0v) is 7.69. The second-order valence-corrected chi connectivity index (χ2v) is 3.50. The Morgan fingerprint density at radius 3 is 2.70 bits per heavy atom. The zero-order chi connectivity index (χ0) is 7.45. The molecular weight excluding hydrogens is 192 g/mol. The summed E-state index contributed by atoms with van der Waals surface area (Å²) in [5.74, 6) is 0. The Morgan fingerprint density at radius 1 is 1.60 bits per heavy atom. The molecule has 0 saturated heterocycles. The minimum atomic E-state index is 0.489. The number of hydrogen-bond acceptors (Lipinski definition) is 1. The number of rotatable bonds is 5. The molecule has 0 atom stereocenters. The molecule has 0 aromatic rings. The predicted octanol–water partition coefficient (Wildman–Crippen LogP) is 2.36. The van der Waals surface area contributed by atoms with Crippen LogP contribution in [0.2, 0.25) is 0 Å². The maximum absolute atomic E-state index is 5.35. The minimum Gasteiger partial charge on any atom is -0.377 e. The van der Waals surface area contributed by atoms with Gasteiger partial charge < -0.3 is 4.74 Å². The van der Waals surface area contributed by atoms with Crippen molar-refractivity contribution in [3.05, 3.63) is 12.7 Å². The summed E-state index contributed by atoms with van der Waals surface area (Å²) in [5, 5.41) is 1.08. The topological polar surface area (TPSA) is 9.23 Å². The van der Waals surface area contributed by atoms with E-state index >= 15 is 0 Å². The van der Waals surface area contributed by atoms with E-state index in [-0.39, 0.29) is 0 Å². The van der Waals surface area contributed by atoms with Crippen molar-refractivity contribution in [1.82, 2.24) is 0 Å². The average Bonchev–Trinajstić information content (AvgIpc) is 2.70. The van der Waals surface area contributed by atoms with E-state index in [4.69, 9.17) is 4.74 Å². The van der Waals surface area contributed by atoms with E-state index in [9.17, 15) is 0 Å². The fourth-order valence-corrected chi connectivity index (χ4v) is 1.57. The standard InChI is InChI=1S/C8H13BrO/c1-2-5-10-7-8(6-9)3-4-8/h2H,1,3-7H2. The molecule has 1 nitrogen and oxygen atoms in total. The summed E-state index contributed by atoms with van der Waals surface area (Å²) in [6, 6.07) is 0. The molecule has 0 aromatic heterocycles. The highest BCUT2D eigenvalue weighted by molar-refractivity contribution is 9.09. The lowest BCUT2D eigenvalue weighted by atomic mass is 10.2. The largest absolute Gasteiger partial charge is 0.377 e. The minimum absolute atomic E-state index is 0.489. The van der Waals surface area contributed by atoms with Crippen LogP contribution in [0.5, 0.6) is 0 Å². The maximum Gasteiger partial charge on any atom is 0.0645 e. The molecule has 58 valence electrons. The Bertz CT molecular complexity index is 118. The van der Waals surface area contributed by atoms with Crippen LogP contribution in [0.1, 0.15) is 12.8 Å². The van der Waals surface area contributed by atoms with Gasteiger partial charge in [-0.15, -0.1) is 6.58 Å². The highest BCUT2D eigenvalue weighted by atomic mass is 79.9. The highest BCUT2D eigenvalue weighted by Gasteiger charge is 2.41. The predicted molar refractivity (Wildman–Crippen MR) is 46.5 cm³/mol. The average molecular weight is 205 g/mol. The van der Waals surface area contributed by atoms with Crippen LogP contribution in [-0.4, -0.2) is 18.5 Å². The lowest BCUT2D eigenvalue weighted by Crippen LogP contribution is -2.11. The summed E-state index contributed by atoms with van der Waals surface area (Å²) < 4.78 is 5.35. The molecule has 0 N–H and O–H groups in total. The van der Waals surface area contributed by atoms with Crippen molar-refractivity contribution in [2.24, 2.45) is 5.41 Å². The first-order valence-corrected chi connectivity index (χ1v) is 4.70. The van der Waals surface area contributed by atoms with Crippen LogP contribution in [-0.2, 0) is 4.74 Å². The molecule has 1 aliphatic rings. The lowest BCUT2D eigenvalue weighted by molar-refractivity contribution is 0.122. The normalized spacial score (nSPS) is 20.5. The molecule has 1 saturated carbocycles. The van der Waals surface area contributed by atoms with Crippen molar-refractivity contribution in [1.29, 1.82) is 0 Å². The van der Waals surface area contributed by atoms with Gasteiger partial charge >= 0.3 is 0 Å². The van der Waals surface area contributed by atoms with E-state index in [2.05, 4.69) is 22.5 Å². The maximum atomic E-state index is 5.35. The number of hydrogen-bond donors (Lipinski definition) is 0. The van der Waals surface area contributed by atoms with Crippen LogP contribution in [0.25, 0.3) is 0 Å². The molecule has 0 heterocycles. The highest BCUT2D eigenvalue weighted by Crippen LogP contribution is 2.47. The Kier molecular flexibility index (Phi) is 2.93. The fraction of sp³-hybridized carbons (Fsp3) is 0.750. The van der Waals surface area contributed by atoms with Crippen molar-refractivity contribution < 1.29 is 4.74 Å². The molecule has 1 rings (SSSR count). The molecule has 10 heavy (non-hydrogen) atoms. The Morgan fingerprint density at radius 2 is 2.30 bits per heavy atom. The van der Waals surface area contributed by atoms with Crippen molar-refractivity contribution in [3.63, 3.8) is 0 Å². The SMILES string of the molecule is C=CCOCC1(CBr)CC1. The van der Waals surface area contributed by atoms with E-state index in [1.54, 1.807) is 6.08 Å². The number of halogens is 1. The van der Waals surface area contributed by atoms with Gasteiger partial charge in [0, 0.05) is 10.7 Å². The van der Waals surface area contributed by atoms with Crippen molar-refractivity contribution in [2.75, 3.05) is 18.5 Å². The summed E-state index contributed by atoms with van der Waals surface area (Å²) in [6.45, 7) is 5.17. The summed E-state index contributed by atoms with van der Waals surface area (Å²) in [7, 11) is 0. The van der Waals surface area contributed by atoms with Crippen LogP contribution < -0.4 is 0 Å². The summed E-state index contributed by atoms with van der Waals surface area (Å²) in [6.07, 6.45) is 4.43. The lowest BCUT2D eigenvalue weighted by Gasteiger charge is -2.09. The molecule has 1 fully saturated rings. The van der Waals surface area contributed by atoms with Gasteiger partial charge in [-0.2, -0.15) is 0 Å². The van der Waals surface area contributed by atoms with E-state index in [0.717, 1.165) is 11.9 Å². The fourth-order valence-electron chi connectivity index (χ4n) is 0.852. The molecule has 1 aliphatic carbocycles. The second-order valence-electron chi connectivity index (χ2n) is 2.94. The van der Waals surface area contributed by atoms with Crippen LogP contribution in [0.4, 0.5) is 0 Å². The Balaban J connectivity index is 2.06. The zero-order valence-electron chi connectivity index (χ0n) is 6.11. The van der Waals surface area contributed by atoms with E-state index in [0.29, 0.717) is 12.0 Å². The molecule has 0 spiro atoms. The van der Waals surface area contributed by atoms with Crippen LogP contribution in [0.15, 0.2) is 12.7 Å². The van der Waals surface area contributed by atoms with Gasteiger partial charge in [-0.25, -0.2) is 0 Å². The molecule has 0 amide bonds. The molecule has 2 heteroatoms. The Hall–Kier alpha value is 0.180. The van der Waals surface area contributed by atoms with Gasteiger partial charge in [-0.05, 0) is 12.8 Å². The summed E-state index contributed by atoms with van der Waals surface area (Å²) in [4.78, 5) is 0. The van der Waals surface area contributed by atoms with E-state index in [1.807, 2.05) is 0 Å². The third-order valence-corrected chi connectivity index (χ3v) is 3.07. The second kappa shape index (κ2) is 3.54. The van der Waals surface area contributed by atoms with Crippen molar-refractivity contribution >= 4 is 15.9 Å². The first-order chi connectivity index (χ1) is 4.83. The summed E-state index contributed by atoms with van der Waals surface area (Å²) in [5.41, 5.74) is 0.489. The molecule has 0 unspecified atom stereocenters. The molecule has 0 bridgehead atoms. The monoisotopic (exact) mass is 204 g/mol. The summed E-state index contributed by atoms with van der Waals surface area (Å²) >= 11 is 3.48.